The second kappa shape index (κ2) is 10.6. The Morgan fingerprint density at radius 2 is 1.19 bits per heavy atom. The number of benzene rings is 1. The van der Waals surface area contributed by atoms with E-state index in [2.05, 4.69) is 0 Å². The van der Waals surface area contributed by atoms with Crippen molar-refractivity contribution >= 4 is 12.9 Å². The molecule has 26 heavy (non-hydrogen) atoms. The summed E-state index contributed by atoms with van der Waals surface area (Å²) in [7, 11) is -3.21. The van der Waals surface area contributed by atoms with Gasteiger partial charge >= 0.3 is 7.60 Å². The molecule has 0 radical (unpaired) electrons. The lowest BCUT2D eigenvalue weighted by atomic mass is 9.87. The third kappa shape index (κ3) is 6.22. The van der Waals surface area contributed by atoms with E-state index in [-0.39, 0.29) is 0 Å². The Labute approximate surface area is 159 Å². The molecule has 0 saturated heterocycles. The van der Waals surface area contributed by atoms with Gasteiger partial charge in [-0.25, -0.2) is 0 Å². The molecule has 4 heteroatoms. The predicted molar refractivity (Wildman–Crippen MR) is 108 cm³/mol. The lowest BCUT2D eigenvalue weighted by Crippen LogP contribution is -2.15. The number of hydrogen-bond acceptors (Lipinski definition) is 3. The molecule has 0 heterocycles. The average molecular weight is 378 g/mol. The molecule has 0 bridgehead atoms. The fourth-order valence-corrected chi connectivity index (χ4v) is 6.03. The Bertz CT molecular complexity index is 520. The predicted octanol–water partition coefficient (Wildman–Crippen LogP) is 6.48. The first kappa shape index (κ1) is 20.1. The van der Waals surface area contributed by atoms with Gasteiger partial charge in [0.1, 0.15) is 0 Å². The molecule has 146 valence electrons. The molecule has 2 fully saturated rings. The Balaban J connectivity index is 1.52. The minimum absolute atomic E-state index is 0.542. The summed E-state index contributed by atoms with van der Waals surface area (Å²) >= 11 is 0. The van der Waals surface area contributed by atoms with Crippen molar-refractivity contribution in [2.24, 2.45) is 11.8 Å². The highest BCUT2D eigenvalue weighted by Gasteiger charge is 2.28. The smallest absolute Gasteiger partial charge is 0.305 e. The summed E-state index contributed by atoms with van der Waals surface area (Å²) in [6.07, 6.45) is 15.2. The summed E-state index contributed by atoms with van der Waals surface area (Å²) in [6.45, 7) is 1.08. The fraction of sp³-hybridized carbons (Fsp3) is 0.727. The Hall–Kier alpha value is -0.630. The van der Waals surface area contributed by atoms with Gasteiger partial charge in [0.05, 0.1) is 18.5 Å². The van der Waals surface area contributed by atoms with Crippen LogP contribution in [0.3, 0.4) is 0 Å². The van der Waals surface area contributed by atoms with Crippen molar-refractivity contribution in [1.82, 2.24) is 0 Å². The van der Waals surface area contributed by atoms with Crippen molar-refractivity contribution in [2.75, 3.05) is 13.2 Å². The van der Waals surface area contributed by atoms with Gasteiger partial charge in [-0.2, -0.15) is 0 Å². The maximum absolute atomic E-state index is 13.5. The summed E-state index contributed by atoms with van der Waals surface area (Å²) < 4.78 is 25.3. The minimum Gasteiger partial charge on any atom is -0.305 e. The van der Waals surface area contributed by atoms with Gasteiger partial charge in [-0.3, -0.25) is 4.57 Å². The van der Waals surface area contributed by atoms with Crippen molar-refractivity contribution in [3.05, 3.63) is 30.3 Å². The SMILES string of the molecule is O=P(OCCC1CCCCC1)(OCCC1CCCCC1)c1ccccc1. The maximum Gasteiger partial charge on any atom is 0.361 e. The van der Waals surface area contributed by atoms with Gasteiger partial charge in [0.25, 0.3) is 0 Å². The molecule has 0 unspecified atom stereocenters. The summed E-state index contributed by atoms with van der Waals surface area (Å²) in [6, 6.07) is 9.52. The Morgan fingerprint density at radius 1 is 0.731 bits per heavy atom. The van der Waals surface area contributed by atoms with Crippen LogP contribution in [0.25, 0.3) is 0 Å². The third-order valence-corrected chi connectivity index (χ3v) is 8.07. The highest BCUT2D eigenvalue weighted by Crippen LogP contribution is 2.48. The highest BCUT2D eigenvalue weighted by atomic mass is 31.2. The average Bonchev–Trinajstić information content (AvgIpc) is 2.70. The van der Waals surface area contributed by atoms with Gasteiger partial charge in [-0.1, -0.05) is 82.4 Å². The standard InChI is InChI=1S/C22H35O3P/c23-26(22-14-8-3-9-15-22,24-18-16-20-10-4-1-5-11-20)25-19-17-21-12-6-2-7-13-21/h3,8-9,14-15,20-21H,1-2,4-7,10-13,16-19H2. The molecule has 1 aromatic carbocycles. The molecule has 0 aliphatic heterocycles. The highest BCUT2D eigenvalue weighted by molar-refractivity contribution is 7.62. The van der Waals surface area contributed by atoms with E-state index in [9.17, 15) is 4.57 Å². The van der Waals surface area contributed by atoms with Gasteiger partial charge in [-0.15, -0.1) is 0 Å². The quantitative estimate of drug-likeness (QED) is 0.461. The summed E-state index contributed by atoms with van der Waals surface area (Å²) in [5, 5.41) is 0.701. The molecule has 3 nitrogen and oxygen atoms in total. The molecule has 1 aromatic rings. The van der Waals surface area contributed by atoms with Crippen LogP contribution < -0.4 is 5.30 Å². The van der Waals surface area contributed by atoms with Crippen molar-refractivity contribution in [3.63, 3.8) is 0 Å². The monoisotopic (exact) mass is 378 g/mol. The van der Waals surface area contributed by atoms with Crippen LogP contribution in [0.4, 0.5) is 0 Å². The van der Waals surface area contributed by atoms with Crippen LogP contribution in [-0.2, 0) is 13.6 Å². The molecular formula is C22H35O3P. The Morgan fingerprint density at radius 3 is 1.65 bits per heavy atom. The normalized spacial score (nSPS) is 20.3. The van der Waals surface area contributed by atoms with E-state index in [4.69, 9.17) is 9.05 Å². The van der Waals surface area contributed by atoms with Crippen molar-refractivity contribution in [1.29, 1.82) is 0 Å². The molecule has 2 aliphatic rings. The second-order valence-corrected chi connectivity index (χ2v) is 10.1. The van der Waals surface area contributed by atoms with Crippen molar-refractivity contribution in [3.8, 4) is 0 Å². The lowest BCUT2D eigenvalue weighted by molar-refractivity contribution is 0.178. The van der Waals surface area contributed by atoms with Gasteiger partial charge in [0.15, 0.2) is 0 Å². The van der Waals surface area contributed by atoms with E-state index in [1.54, 1.807) is 0 Å². The van der Waals surface area contributed by atoms with E-state index < -0.39 is 7.60 Å². The molecule has 0 spiro atoms. The van der Waals surface area contributed by atoms with E-state index in [1.807, 2.05) is 30.3 Å². The molecular weight excluding hydrogens is 343 g/mol. The summed E-state index contributed by atoms with van der Waals surface area (Å²) in [5.41, 5.74) is 0. The largest absolute Gasteiger partial charge is 0.361 e. The summed E-state index contributed by atoms with van der Waals surface area (Å²) in [4.78, 5) is 0. The Kier molecular flexibility index (Phi) is 8.23. The van der Waals surface area contributed by atoms with Gasteiger partial charge in [0.2, 0.25) is 0 Å². The van der Waals surface area contributed by atoms with Crippen LogP contribution >= 0.6 is 7.60 Å². The van der Waals surface area contributed by atoms with Crippen LogP contribution in [-0.4, -0.2) is 13.2 Å². The number of hydrogen-bond donors (Lipinski definition) is 0. The van der Waals surface area contributed by atoms with Gasteiger partial charge in [0, 0.05) is 0 Å². The van der Waals surface area contributed by atoms with E-state index in [1.165, 1.54) is 64.2 Å². The molecule has 3 rings (SSSR count). The van der Waals surface area contributed by atoms with Crippen LogP contribution in [0.2, 0.25) is 0 Å². The zero-order chi connectivity index (χ0) is 18.1. The molecule has 0 aromatic heterocycles. The lowest BCUT2D eigenvalue weighted by Gasteiger charge is -2.25. The first-order valence-electron chi connectivity index (χ1n) is 10.7. The zero-order valence-electron chi connectivity index (χ0n) is 16.1. The van der Waals surface area contributed by atoms with Crippen LogP contribution in [0.5, 0.6) is 0 Å². The topological polar surface area (TPSA) is 35.5 Å². The van der Waals surface area contributed by atoms with Gasteiger partial charge < -0.3 is 9.05 Å². The molecule has 2 aliphatic carbocycles. The fourth-order valence-electron chi connectivity index (χ4n) is 4.43. The zero-order valence-corrected chi connectivity index (χ0v) is 17.0. The van der Waals surface area contributed by atoms with E-state index in [0.717, 1.165) is 24.7 Å². The molecule has 0 N–H and O–H groups in total. The summed E-state index contributed by atoms with van der Waals surface area (Å²) in [5.74, 6) is 1.46. The third-order valence-electron chi connectivity index (χ3n) is 6.10. The molecule has 2 saturated carbocycles. The van der Waals surface area contributed by atoms with Crippen molar-refractivity contribution in [2.45, 2.75) is 77.0 Å². The van der Waals surface area contributed by atoms with Crippen LogP contribution in [0, 0.1) is 11.8 Å². The van der Waals surface area contributed by atoms with Gasteiger partial charge in [-0.05, 0) is 36.8 Å². The minimum atomic E-state index is -3.21. The molecule has 0 amide bonds. The second-order valence-electron chi connectivity index (χ2n) is 8.08. The number of rotatable bonds is 9. The molecule has 0 atom stereocenters. The van der Waals surface area contributed by atoms with Crippen LogP contribution in [0.1, 0.15) is 77.0 Å². The van der Waals surface area contributed by atoms with Crippen molar-refractivity contribution < 1.29 is 13.6 Å². The van der Waals surface area contributed by atoms with Crippen LogP contribution in [0.15, 0.2) is 30.3 Å². The van der Waals surface area contributed by atoms with E-state index in [0.29, 0.717) is 18.5 Å². The first-order chi connectivity index (χ1) is 12.8. The van der Waals surface area contributed by atoms with E-state index >= 15 is 0 Å². The maximum atomic E-state index is 13.5. The first-order valence-corrected chi connectivity index (χ1v) is 12.3.